The second-order valence-corrected chi connectivity index (χ2v) is 5.76. The van der Waals surface area contributed by atoms with Crippen LogP contribution < -0.4 is 11.3 Å². The van der Waals surface area contributed by atoms with E-state index in [0.717, 1.165) is 17.9 Å². The van der Waals surface area contributed by atoms with Crippen molar-refractivity contribution in [3.8, 4) is 0 Å². The van der Waals surface area contributed by atoms with Crippen LogP contribution in [0.15, 0.2) is 42.5 Å². The lowest BCUT2D eigenvalue weighted by Crippen LogP contribution is -2.38. The van der Waals surface area contributed by atoms with E-state index in [4.69, 9.17) is 17.4 Å². The smallest absolute Gasteiger partial charge is 0.0408 e. The summed E-state index contributed by atoms with van der Waals surface area (Å²) in [5, 5.41) is 0.768. The molecule has 0 fully saturated rings. The highest BCUT2D eigenvalue weighted by Gasteiger charge is 2.10. The van der Waals surface area contributed by atoms with Gasteiger partial charge in [0.25, 0.3) is 0 Å². The number of hydrogen-bond donors (Lipinski definition) is 2. The minimum atomic E-state index is 0.204. The third kappa shape index (κ3) is 4.07. The summed E-state index contributed by atoms with van der Waals surface area (Å²) in [6.45, 7) is 4.27. The minimum Gasteiger partial charge on any atom is -0.271 e. The molecule has 0 aliphatic carbocycles. The van der Waals surface area contributed by atoms with Crippen LogP contribution in [-0.4, -0.2) is 6.04 Å². The normalized spacial score (nSPS) is 12.4. The van der Waals surface area contributed by atoms with Gasteiger partial charge >= 0.3 is 0 Å². The molecule has 3 heteroatoms. The first-order valence-electron chi connectivity index (χ1n) is 6.85. The van der Waals surface area contributed by atoms with Gasteiger partial charge in [0.15, 0.2) is 0 Å². The molecule has 0 aromatic heterocycles. The van der Waals surface area contributed by atoms with Crippen molar-refractivity contribution in [2.75, 3.05) is 0 Å². The third-order valence-corrected chi connectivity index (χ3v) is 3.90. The highest BCUT2D eigenvalue weighted by molar-refractivity contribution is 6.30. The van der Waals surface area contributed by atoms with Gasteiger partial charge in [0.2, 0.25) is 0 Å². The summed E-state index contributed by atoms with van der Waals surface area (Å²) in [6, 6.07) is 14.7. The van der Waals surface area contributed by atoms with Crippen molar-refractivity contribution in [1.82, 2.24) is 5.43 Å². The molecule has 1 atom stereocenters. The van der Waals surface area contributed by atoms with E-state index in [9.17, 15) is 0 Å². The van der Waals surface area contributed by atoms with Gasteiger partial charge in [-0.25, -0.2) is 0 Å². The maximum absolute atomic E-state index is 6.02. The Morgan fingerprint density at radius 3 is 2.30 bits per heavy atom. The third-order valence-electron chi connectivity index (χ3n) is 3.66. The molecular formula is C17H21ClN2. The maximum Gasteiger partial charge on any atom is 0.0408 e. The van der Waals surface area contributed by atoms with E-state index in [0.29, 0.717) is 0 Å². The number of halogens is 1. The molecule has 0 heterocycles. The molecule has 0 saturated carbocycles. The number of hydrogen-bond acceptors (Lipinski definition) is 2. The van der Waals surface area contributed by atoms with E-state index in [1.807, 2.05) is 18.2 Å². The summed E-state index contributed by atoms with van der Waals surface area (Å²) in [5.41, 5.74) is 8.05. The number of rotatable bonds is 5. The number of aryl methyl sites for hydroxylation is 2. The van der Waals surface area contributed by atoms with Crippen LogP contribution in [0.2, 0.25) is 5.02 Å². The van der Waals surface area contributed by atoms with Crippen LogP contribution in [-0.2, 0) is 12.8 Å². The first-order chi connectivity index (χ1) is 9.58. The van der Waals surface area contributed by atoms with E-state index in [1.54, 1.807) is 0 Å². The number of nitrogens with two attached hydrogens (primary N) is 1. The van der Waals surface area contributed by atoms with Crippen molar-refractivity contribution in [3.63, 3.8) is 0 Å². The second kappa shape index (κ2) is 6.89. The van der Waals surface area contributed by atoms with Crippen LogP contribution in [0.5, 0.6) is 0 Å². The molecule has 0 bridgehead atoms. The Kier molecular flexibility index (Phi) is 5.18. The molecule has 0 aliphatic heterocycles. The Bertz CT molecular complexity index is 581. The predicted octanol–water partition coefficient (Wildman–Crippen LogP) is 3.57. The second-order valence-electron chi connectivity index (χ2n) is 5.32. The largest absolute Gasteiger partial charge is 0.271 e. The monoisotopic (exact) mass is 288 g/mol. The van der Waals surface area contributed by atoms with Crippen molar-refractivity contribution in [3.05, 3.63) is 69.7 Å². The van der Waals surface area contributed by atoms with Crippen LogP contribution in [0, 0.1) is 13.8 Å². The molecule has 2 nitrogen and oxygen atoms in total. The van der Waals surface area contributed by atoms with Gasteiger partial charge in [-0.2, -0.15) is 0 Å². The van der Waals surface area contributed by atoms with Crippen LogP contribution >= 0.6 is 11.6 Å². The summed E-state index contributed by atoms with van der Waals surface area (Å²) in [4.78, 5) is 0. The molecule has 0 spiro atoms. The summed E-state index contributed by atoms with van der Waals surface area (Å²) in [5.74, 6) is 5.69. The molecule has 2 aromatic rings. The number of benzene rings is 2. The quantitative estimate of drug-likeness (QED) is 0.652. The van der Waals surface area contributed by atoms with Crippen molar-refractivity contribution in [1.29, 1.82) is 0 Å². The first kappa shape index (κ1) is 15.0. The van der Waals surface area contributed by atoms with Gasteiger partial charge < -0.3 is 0 Å². The zero-order valence-electron chi connectivity index (χ0n) is 12.0. The summed E-state index contributed by atoms with van der Waals surface area (Å²) in [7, 11) is 0. The number of nitrogens with one attached hydrogen (secondary N) is 1. The molecule has 2 aromatic carbocycles. The summed E-state index contributed by atoms with van der Waals surface area (Å²) < 4.78 is 0. The SMILES string of the molecule is Cc1ccc(CC(Cc2cccc(Cl)c2)NN)cc1C. The molecule has 0 aliphatic rings. The lowest BCUT2D eigenvalue weighted by Gasteiger charge is -2.17. The van der Waals surface area contributed by atoms with Crippen LogP contribution in [0.25, 0.3) is 0 Å². The lowest BCUT2D eigenvalue weighted by atomic mass is 9.97. The van der Waals surface area contributed by atoms with E-state index in [2.05, 4.69) is 43.5 Å². The summed E-state index contributed by atoms with van der Waals surface area (Å²) in [6.07, 6.45) is 1.77. The Labute approximate surface area is 125 Å². The Hall–Kier alpha value is -1.35. The number of hydrazine groups is 1. The van der Waals surface area contributed by atoms with E-state index in [1.165, 1.54) is 22.3 Å². The Morgan fingerprint density at radius 1 is 1.00 bits per heavy atom. The van der Waals surface area contributed by atoms with E-state index in [-0.39, 0.29) is 6.04 Å². The van der Waals surface area contributed by atoms with Gasteiger partial charge in [-0.3, -0.25) is 11.3 Å². The van der Waals surface area contributed by atoms with Gasteiger partial charge in [-0.15, -0.1) is 0 Å². The fourth-order valence-electron chi connectivity index (χ4n) is 2.35. The van der Waals surface area contributed by atoms with Crippen LogP contribution in [0.4, 0.5) is 0 Å². The van der Waals surface area contributed by atoms with Crippen molar-refractivity contribution >= 4 is 11.6 Å². The molecule has 0 amide bonds. The van der Waals surface area contributed by atoms with Gasteiger partial charge in [0.05, 0.1) is 0 Å². The van der Waals surface area contributed by atoms with Crippen LogP contribution in [0.1, 0.15) is 22.3 Å². The Balaban J connectivity index is 2.07. The molecular weight excluding hydrogens is 268 g/mol. The van der Waals surface area contributed by atoms with Gasteiger partial charge in [0.1, 0.15) is 0 Å². The molecule has 20 heavy (non-hydrogen) atoms. The van der Waals surface area contributed by atoms with Gasteiger partial charge in [-0.05, 0) is 61.1 Å². The fourth-order valence-corrected chi connectivity index (χ4v) is 2.57. The zero-order valence-corrected chi connectivity index (χ0v) is 12.7. The summed E-state index contributed by atoms with van der Waals surface area (Å²) >= 11 is 6.02. The van der Waals surface area contributed by atoms with Crippen molar-refractivity contribution in [2.24, 2.45) is 5.84 Å². The molecule has 3 N–H and O–H groups in total. The fraction of sp³-hybridized carbons (Fsp3) is 0.294. The van der Waals surface area contributed by atoms with Gasteiger partial charge in [-0.1, -0.05) is 41.9 Å². The molecule has 106 valence electrons. The highest BCUT2D eigenvalue weighted by Crippen LogP contribution is 2.15. The average molecular weight is 289 g/mol. The van der Waals surface area contributed by atoms with Gasteiger partial charge in [0, 0.05) is 11.1 Å². The standard InChI is InChI=1S/C17H21ClN2/c1-12-6-7-15(8-13(12)2)11-17(20-19)10-14-4-3-5-16(18)9-14/h3-9,17,20H,10-11,19H2,1-2H3. The van der Waals surface area contributed by atoms with E-state index >= 15 is 0 Å². The maximum atomic E-state index is 6.02. The van der Waals surface area contributed by atoms with Crippen molar-refractivity contribution in [2.45, 2.75) is 32.7 Å². The van der Waals surface area contributed by atoms with Crippen molar-refractivity contribution < 1.29 is 0 Å². The molecule has 1 unspecified atom stereocenters. The highest BCUT2D eigenvalue weighted by atomic mass is 35.5. The average Bonchev–Trinajstić information content (AvgIpc) is 2.42. The molecule has 0 radical (unpaired) electrons. The van der Waals surface area contributed by atoms with E-state index < -0.39 is 0 Å². The first-order valence-corrected chi connectivity index (χ1v) is 7.23. The topological polar surface area (TPSA) is 38.0 Å². The lowest BCUT2D eigenvalue weighted by molar-refractivity contribution is 0.522. The molecule has 0 saturated heterocycles. The minimum absolute atomic E-state index is 0.204. The Morgan fingerprint density at radius 2 is 1.70 bits per heavy atom. The predicted molar refractivity (Wildman–Crippen MR) is 85.9 cm³/mol. The molecule has 2 rings (SSSR count). The van der Waals surface area contributed by atoms with Crippen LogP contribution in [0.3, 0.4) is 0 Å². The zero-order chi connectivity index (χ0) is 14.5.